The number of ether oxygens (including phenoxy) is 1. The van der Waals surface area contributed by atoms with E-state index in [-0.39, 0.29) is 42.0 Å². The van der Waals surface area contributed by atoms with Gasteiger partial charge in [-0.05, 0) is 43.9 Å². The van der Waals surface area contributed by atoms with Crippen LogP contribution < -0.4 is 16.0 Å². The lowest BCUT2D eigenvalue weighted by molar-refractivity contribution is 0.0949. The van der Waals surface area contributed by atoms with Crippen molar-refractivity contribution >= 4 is 41.9 Å². The predicted octanol–water partition coefficient (Wildman–Crippen LogP) is 2.73. The minimum Gasteiger partial charge on any atom is -0.450 e. The lowest BCUT2D eigenvalue weighted by Crippen LogP contribution is -2.49. The van der Waals surface area contributed by atoms with Crippen LogP contribution in [0.3, 0.4) is 0 Å². The van der Waals surface area contributed by atoms with Crippen LogP contribution in [-0.2, 0) is 11.3 Å². The molecule has 2 rings (SSSR count). The van der Waals surface area contributed by atoms with Crippen LogP contribution >= 0.6 is 24.0 Å². The topological polar surface area (TPSA) is 95.1 Å². The molecule has 9 heteroatoms. The third kappa shape index (κ3) is 8.37. The lowest BCUT2D eigenvalue weighted by Gasteiger charge is -2.32. The minimum atomic E-state index is -0.240. The maximum atomic E-state index is 12.1. The molecule has 1 fully saturated rings. The summed E-state index contributed by atoms with van der Waals surface area (Å²) in [5, 5.41) is 9.61. The SMILES string of the molecule is CCCNC(=O)c1cccc(CNC(=NC)NC2CCN(C(=O)OCC)CC2)c1.I. The van der Waals surface area contributed by atoms with E-state index in [9.17, 15) is 9.59 Å². The first-order chi connectivity index (χ1) is 14.1. The first kappa shape index (κ1) is 26.0. The molecule has 1 saturated heterocycles. The Bertz CT molecular complexity index is 706. The van der Waals surface area contributed by atoms with Crippen LogP contribution in [0.25, 0.3) is 0 Å². The van der Waals surface area contributed by atoms with Crippen LogP contribution in [0.5, 0.6) is 0 Å². The van der Waals surface area contributed by atoms with Gasteiger partial charge in [0, 0.05) is 44.8 Å². The van der Waals surface area contributed by atoms with Gasteiger partial charge < -0.3 is 25.6 Å². The van der Waals surface area contributed by atoms with E-state index >= 15 is 0 Å². The molecule has 168 valence electrons. The Morgan fingerprint density at radius 2 is 1.93 bits per heavy atom. The van der Waals surface area contributed by atoms with Crippen LogP contribution in [0.1, 0.15) is 49.0 Å². The van der Waals surface area contributed by atoms with E-state index in [1.54, 1.807) is 11.9 Å². The van der Waals surface area contributed by atoms with Gasteiger partial charge in [0.15, 0.2) is 5.96 Å². The van der Waals surface area contributed by atoms with Crippen molar-refractivity contribution < 1.29 is 14.3 Å². The van der Waals surface area contributed by atoms with Gasteiger partial charge in [-0.1, -0.05) is 19.1 Å². The van der Waals surface area contributed by atoms with E-state index in [2.05, 4.69) is 20.9 Å². The molecule has 1 aliphatic heterocycles. The predicted molar refractivity (Wildman–Crippen MR) is 129 cm³/mol. The average molecular weight is 531 g/mol. The monoisotopic (exact) mass is 531 g/mol. The average Bonchev–Trinajstić information content (AvgIpc) is 2.75. The fraction of sp³-hybridized carbons (Fsp3) is 0.571. The lowest BCUT2D eigenvalue weighted by atomic mass is 10.1. The third-order valence-electron chi connectivity index (χ3n) is 4.77. The molecule has 0 bridgehead atoms. The number of amides is 2. The summed E-state index contributed by atoms with van der Waals surface area (Å²) < 4.78 is 5.06. The van der Waals surface area contributed by atoms with E-state index in [0.29, 0.717) is 44.3 Å². The maximum Gasteiger partial charge on any atom is 0.409 e. The van der Waals surface area contributed by atoms with Crippen molar-refractivity contribution in [1.29, 1.82) is 0 Å². The van der Waals surface area contributed by atoms with Crippen LogP contribution in [0.15, 0.2) is 29.3 Å². The second-order valence-electron chi connectivity index (χ2n) is 6.99. The summed E-state index contributed by atoms with van der Waals surface area (Å²) in [6.45, 7) is 6.82. The van der Waals surface area contributed by atoms with Crippen molar-refractivity contribution in [3.05, 3.63) is 35.4 Å². The van der Waals surface area contributed by atoms with Crippen molar-refractivity contribution in [2.45, 2.75) is 45.7 Å². The first-order valence-electron chi connectivity index (χ1n) is 10.3. The number of halogens is 1. The Balaban J connectivity index is 0.00000450. The van der Waals surface area contributed by atoms with Crippen LogP contribution in [0.4, 0.5) is 4.79 Å². The number of nitrogens with one attached hydrogen (secondary N) is 3. The number of carbonyl (C=O) groups excluding carboxylic acids is 2. The summed E-state index contributed by atoms with van der Waals surface area (Å²) in [4.78, 5) is 30.0. The number of hydrogen-bond acceptors (Lipinski definition) is 4. The van der Waals surface area contributed by atoms with E-state index in [4.69, 9.17) is 4.74 Å². The summed E-state index contributed by atoms with van der Waals surface area (Å²) in [7, 11) is 1.73. The summed E-state index contributed by atoms with van der Waals surface area (Å²) in [6, 6.07) is 7.83. The number of aliphatic imine (C=N–C) groups is 1. The molecule has 0 unspecified atom stereocenters. The Hall–Kier alpha value is -2.04. The zero-order valence-electron chi connectivity index (χ0n) is 18.1. The van der Waals surface area contributed by atoms with Gasteiger partial charge in [-0.25, -0.2) is 4.79 Å². The quantitative estimate of drug-likeness (QED) is 0.286. The summed E-state index contributed by atoms with van der Waals surface area (Å²) in [6.07, 6.45) is 2.35. The fourth-order valence-corrected chi connectivity index (χ4v) is 3.16. The summed E-state index contributed by atoms with van der Waals surface area (Å²) >= 11 is 0. The number of nitrogens with zero attached hydrogens (tertiary/aromatic N) is 2. The highest BCUT2D eigenvalue weighted by molar-refractivity contribution is 14.0. The molecule has 0 spiro atoms. The number of guanidine groups is 1. The zero-order valence-corrected chi connectivity index (χ0v) is 20.4. The number of benzene rings is 1. The van der Waals surface area contributed by atoms with E-state index in [1.165, 1.54) is 0 Å². The van der Waals surface area contributed by atoms with Gasteiger partial charge >= 0.3 is 6.09 Å². The second-order valence-corrected chi connectivity index (χ2v) is 6.99. The number of rotatable bonds is 7. The van der Waals surface area contributed by atoms with Gasteiger partial charge in [-0.15, -0.1) is 24.0 Å². The molecule has 3 N–H and O–H groups in total. The molecule has 8 nitrogen and oxygen atoms in total. The van der Waals surface area contributed by atoms with E-state index in [0.717, 1.165) is 24.8 Å². The molecule has 30 heavy (non-hydrogen) atoms. The standard InChI is InChI=1S/C21H33N5O3.HI/c1-4-11-23-19(27)17-8-6-7-16(14-17)15-24-20(22-3)25-18-9-12-26(13-10-18)21(28)29-5-2;/h6-8,14,18H,4-5,9-13,15H2,1-3H3,(H,23,27)(H2,22,24,25);1H. The molecule has 1 heterocycles. The molecule has 0 atom stereocenters. The molecule has 1 aromatic rings. The highest BCUT2D eigenvalue weighted by atomic mass is 127. The van der Waals surface area contributed by atoms with Crippen molar-refractivity contribution in [3.8, 4) is 0 Å². The van der Waals surface area contributed by atoms with E-state index in [1.807, 2.05) is 38.1 Å². The van der Waals surface area contributed by atoms with Gasteiger partial charge in [0.2, 0.25) is 0 Å². The van der Waals surface area contributed by atoms with Crippen LogP contribution in [0, 0.1) is 0 Å². The normalized spacial score (nSPS) is 14.5. The Morgan fingerprint density at radius 1 is 1.20 bits per heavy atom. The number of hydrogen-bond donors (Lipinski definition) is 3. The number of carbonyl (C=O) groups is 2. The van der Waals surface area contributed by atoms with Gasteiger partial charge in [-0.3, -0.25) is 9.79 Å². The van der Waals surface area contributed by atoms with Crippen LogP contribution in [0.2, 0.25) is 0 Å². The van der Waals surface area contributed by atoms with Crippen molar-refractivity contribution in [2.75, 3.05) is 33.3 Å². The van der Waals surface area contributed by atoms with Crippen molar-refractivity contribution in [2.24, 2.45) is 4.99 Å². The molecule has 0 aliphatic carbocycles. The number of piperidine rings is 1. The minimum absolute atomic E-state index is 0. The molecular weight excluding hydrogens is 497 g/mol. The van der Waals surface area contributed by atoms with Crippen LogP contribution in [-0.4, -0.2) is 62.2 Å². The largest absolute Gasteiger partial charge is 0.450 e. The Labute approximate surface area is 196 Å². The molecule has 0 radical (unpaired) electrons. The molecule has 0 aromatic heterocycles. The molecule has 2 amide bonds. The summed E-state index contributed by atoms with van der Waals surface area (Å²) in [5.74, 6) is 0.657. The summed E-state index contributed by atoms with van der Waals surface area (Å²) in [5.41, 5.74) is 1.67. The molecule has 1 aliphatic rings. The zero-order chi connectivity index (χ0) is 21.1. The Kier molecular flexibility index (Phi) is 12.2. The van der Waals surface area contributed by atoms with Gasteiger partial charge in [0.1, 0.15) is 0 Å². The third-order valence-corrected chi connectivity index (χ3v) is 4.77. The van der Waals surface area contributed by atoms with Crippen molar-refractivity contribution in [1.82, 2.24) is 20.9 Å². The van der Waals surface area contributed by atoms with Gasteiger partial charge in [0.05, 0.1) is 6.61 Å². The number of likely N-dealkylation sites (tertiary alicyclic amines) is 1. The first-order valence-corrected chi connectivity index (χ1v) is 10.3. The maximum absolute atomic E-state index is 12.1. The smallest absolute Gasteiger partial charge is 0.409 e. The molecule has 1 aromatic carbocycles. The fourth-order valence-electron chi connectivity index (χ4n) is 3.16. The molecule has 0 saturated carbocycles. The Morgan fingerprint density at radius 3 is 2.57 bits per heavy atom. The highest BCUT2D eigenvalue weighted by Gasteiger charge is 2.24. The van der Waals surface area contributed by atoms with Gasteiger partial charge in [-0.2, -0.15) is 0 Å². The van der Waals surface area contributed by atoms with Crippen molar-refractivity contribution in [3.63, 3.8) is 0 Å². The highest BCUT2D eigenvalue weighted by Crippen LogP contribution is 2.11. The molecular formula is C21H34IN5O3. The second kappa shape index (κ2) is 14.1. The van der Waals surface area contributed by atoms with E-state index < -0.39 is 0 Å². The van der Waals surface area contributed by atoms with Gasteiger partial charge in [0.25, 0.3) is 5.91 Å².